The summed E-state index contributed by atoms with van der Waals surface area (Å²) in [6, 6.07) is 0. The van der Waals surface area contributed by atoms with Gasteiger partial charge in [-0.1, -0.05) is 58.6 Å². The zero-order chi connectivity index (χ0) is 15.9. The number of ether oxygens (including phenoxy) is 2. The van der Waals surface area contributed by atoms with Crippen molar-refractivity contribution in [3.63, 3.8) is 0 Å². The summed E-state index contributed by atoms with van der Waals surface area (Å²) in [7, 11) is 0. The monoisotopic (exact) mass is 296 g/mol. The van der Waals surface area contributed by atoms with E-state index in [2.05, 4.69) is 20.1 Å². The van der Waals surface area contributed by atoms with Crippen molar-refractivity contribution in [2.45, 2.75) is 64.4 Å². The van der Waals surface area contributed by atoms with Gasteiger partial charge in [0.2, 0.25) is 0 Å². The Bertz CT molecular complexity index is 323. The van der Waals surface area contributed by atoms with Gasteiger partial charge in [0.1, 0.15) is 12.7 Å². The quantitative estimate of drug-likeness (QED) is 0.293. The van der Waals surface area contributed by atoms with Crippen LogP contribution in [-0.4, -0.2) is 24.6 Å². The van der Waals surface area contributed by atoms with Gasteiger partial charge in [-0.2, -0.15) is 0 Å². The zero-order valence-electron chi connectivity index (χ0n) is 13.1. The lowest BCUT2D eigenvalue weighted by atomic mass is 10.1. The second-order valence-corrected chi connectivity index (χ2v) is 5.01. The summed E-state index contributed by atoms with van der Waals surface area (Å²) in [5.41, 5.74) is 0. The molecule has 120 valence electrons. The fourth-order valence-corrected chi connectivity index (χ4v) is 1.95. The van der Waals surface area contributed by atoms with Crippen LogP contribution in [0.3, 0.4) is 0 Å². The fraction of sp³-hybridized carbons (Fsp3) is 0.647. The Labute approximate surface area is 128 Å². The molecule has 0 fully saturated rings. The van der Waals surface area contributed by atoms with Gasteiger partial charge in [0.15, 0.2) is 0 Å². The minimum Gasteiger partial charge on any atom is -0.459 e. The van der Waals surface area contributed by atoms with Crippen LogP contribution < -0.4 is 0 Å². The number of hydrogen-bond acceptors (Lipinski definition) is 4. The number of hydrogen-bond donors (Lipinski definition) is 0. The lowest BCUT2D eigenvalue weighted by molar-refractivity contribution is -0.153. The van der Waals surface area contributed by atoms with E-state index >= 15 is 0 Å². The van der Waals surface area contributed by atoms with E-state index in [1.54, 1.807) is 0 Å². The molecule has 0 aliphatic heterocycles. The SMILES string of the molecule is C=CC(=O)OCC(CCCCCCCCC)OC(=O)C=C. The molecule has 21 heavy (non-hydrogen) atoms. The van der Waals surface area contributed by atoms with Crippen LogP contribution in [-0.2, 0) is 19.1 Å². The van der Waals surface area contributed by atoms with Gasteiger partial charge >= 0.3 is 11.9 Å². The minimum atomic E-state index is -0.505. The minimum absolute atomic E-state index is 0.0697. The highest BCUT2D eigenvalue weighted by Crippen LogP contribution is 2.12. The van der Waals surface area contributed by atoms with Crippen LogP contribution in [0.4, 0.5) is 0 Å². The van der Waals surface area contributed by atoms with Gasteiger partial charge in [-0.15, -0.1) is 0 Å². The molecule has 0 heterocycles. The van der Waals surface area contributed by atoms with Gasteiger partial charge in [-0.3, -0.25) is 0 Å². The van der Waals surface area contributed by atoms with Crippen LogP contribution in [0.1, 0.15) is 58.3 Å². The van der Waals surface area contributed by atoms with Crippen molar-refractivity contribution in [3.05, 3.63) is 25.3 Å². The molecular weight excluding hydrogens is 268 g/mol. The molecule has 0 radical (unpaired) electrons. The molecule has 0 aromatic rings. The Morgan fingerprint density at radius 3 is 2.10 bits per heavy atom. The molecule has 0 rings (SSSR count). The van der Waals surface area contributed by atoms with E-state index in [1.165, 1.54) is 32.1 Å². The molecule has 0 aliphatic carbocycles. The van der Waals surface area contributed by atoms with Crippen LogP contribution >= 0.6 is 0 Å². The van der Waals surface area contributed by atoms with Crippen molar-refractivity contribution in [2.24, 2.45) is 0 Å². The van der Waals surface area contributed by atoms with Gasteiger partial charge in [0, 0.05) is 12.2 Å². The topological polar surface area (TPSA) is 52.6 Å². The summed E-state index contributed by atoms with van der Waals surface area (Å²) < 4.78 is 10.1. The van der Waals surface area contributed by atoms with E-state index in [-0.39, 0.29) is 6.61 Å². The highest BCUT2D eigenvalue weighted by atomic mass is 16.6. The highest BCUT2D eigenvalue weighted by Gasteiger charge is 2.14. The Balaban J connectivity index is 3.92. The van der Waals surface area contributed by atoms with Gasteiger partial charge in [0.25, 0.3) is 0 Å². The molecule has 0 amide bonds. The Morgan fingerprint density at radius 1 is 0.952 bits per heavy atom. The predicted molar refractivity (Wildman–Crippen MR) is 83.8 cm³/mol. The zero-order valence-corrected chi connectivity index (χ0v) is 13.1. The predicted octanol–water partition coefficient (Wildman–Crippen LogP) is 3.95. The molecule has 0 spiro atoms. The Kier molecular flexibility index (Phi) is 12.4. The van der Waals surface area contributed by atoms with Crippen molar-refractivity contribution in [2.75, 3.05) is 6.61 Å². The maximum absolute atomic E-state index is 11.2. The van der Waals surface area contributed by atoms with Crippen molar-refractivity contribution in [1.82, 2.24) is 0 Å². The molecular formula is C17H28O4. The van der Waals surface area contributed by atoms with Crippen LogP contribution in [0.2, 0.25) is 0 Å². The van der Waals surface area contributed by atoms with Crippen molar-refractivity contribution in [3.8, 4) is 0 Å². The van der Waals surface area contributed by atoms with Crippen molar-refractivity contribution >= 4 is 11.9 Å². The average molecular weight is 296 g/mol. The smallest absolute Gasteiger partial charge is 0.330 e. The van der Waals surface area contributed by atoms with E-state index in [1.807, 2.05) is 0 Å². The number of rotatable bonds is 13. The number of esters is 2. The van der Waals surface area contributed by atoms with E-state index in [0.29, 0.717) is 6.42 Å². The number of carbonyl (C=O) groups excluding carboxylic acids is 2. The van der Waals surface area contributed by atoms with Crippen LogP contribution in [0.5, 0.6) is 0 Å². The normalized spacial score (nSPS) is 11.5. The van der Waals surface area contributed by atoms with Gasteiger partial charge < -0.3 is 9.47 Å². The molecule has 0 aromatic carbocycles. The third kappa shape index (κ3) is 11.9. The van der Waals surface area contributed by atoms with E-state index in [0.717, 1.165) is 25.0 Å². The molecule has 0 saturated heterocycles. The third-order valence-electron chi connectivity index (χ3n) is 3.16. The molecule has 0 aromatic heterocycles. The van der Waals surface area contributed by atoms with E-state index in [4.69, 9.17) is 9.47 Å². The maximum Gasteiger partial charge on any atom is 0.330 e. The van der Waals surface area contributed by atoms with E-state index in [9.17, 15) is 9.59 Å². The first-order chi connectivity index (χ1) is 10.1. The first kappa shape index (κ1) is 19.4. The molecule has 4 heteroatoms. The van der Waals surface area contributed by atoms with Gasteiger partial charge in [-0.25, -0.2) is 9.59 Å². The van der Waals surface area contributed by atoms with Crippen LogP contribution in [0, 0.1) is 0 Å². The van der Waals surface area contributed by atoms with Gasteiger partial charge in [-0.05, 0) is 12.8 Å². The maximum atomic E-state index is 11.2. The summed E-state index contributed by atoms with van der Waals surface area (Å²) in [4.78, 5) is 22.3. The second-order valence-electron chi connectivity index (χ2n) is 5.01. The standard InChI is InChI=1S/C17H28O4/c1-4-7-8-9-10-11-12-13-15(21-17(19)6-3)14-20-16(18)5-2/h5-6,15H,2-4,7-14H2,1H3. The molecule has 0 bridgehead atoms. The molecule has 1 unspecified atom stereocenters. The van der Waals surface area contributed by atoms with Crippen molar-refractivity contribution < 1.29 is 19.1 Å². The third-order valence-corrected chi connectivity index (χ3v) is 3.16. The lowest BCUT2D eigenvalue weighted by Gasteiger charge is -2.16. The highest BCUT2D eigenvalue weighted by molar-refractivity contribution is 5.82. The van der Waals surface area contributed by atoms with Crippen molar-refractivity contribution in [1.29, 1.82) is 0 Å². The summed E-state index contributed by atoms with van der Waals surface area (Å²) in [6.07, 6.45) is 10.8. The largest absolute Gasteiger partial charge is 0.459 e. The lowest BCUT2D eigenvalue weighted by Crippen LogP contribution is -2.24. The summed E-state index contributed by atoms with van der Waals surface area (Å²) in [6.45, 7) is 8.96. The fourth-order valence-electron chi connectivity index (χ4n) is 1.95. The van der Waals surface area contributed by atoms with E-state index < -0.39 is 18.0 Å². The Hall–Kier alpha value is -1.58. The molecule has 0 saturated carbocycles. The average Bonchev–Trinajstić information content (AvgIpc) is 2.50. The van der Waals surface area contributed by atoms with Crippen LogP contribution in [0.15, 0.2) is 25.3 Å². The second kappa shape index (κ2) is 13.4. The number of unbranched alkanes of at least 4 members (excludes halogenated alkanes) is 6. The molecule has 1 atom stereocenters. The van der Waals surface area contributed by atoms with Crippen LogP contribution in [0.25, 0.3) is 0 Å². The summed E-state index contributed by atoms with van der Waals surface area (Å²) in [5.74, 6) is -0.994. The molecule has 0 aliphatic rings. The molecule has 0 N–H and O–H groups in total. The summed E-state index contributed by atoms with van der Waals surface area (Å²) in [5, 5.41) is 0. The summed E-state index contributed by atoms with van der Waals surface area (Å²) >= 11 is 0. The Morgan fingerprint density at radius 2 is 1.52 bits per heavy atom. The van der Waals surface area contributed by atoms with Gasteiger partial charge in [0.05, 0.1) is 0 Å². The number of carbonyl (C=O) groups is 2. The molecule has 4 nitrogen and oxygen atoms in total. The first-order valence-corrected chi connectivity index (χ1v) is 7.76. The first-order valence-electron chi connectivity index (χ1n) is 7.76.